The highest BCUT2D eigenvalue weighted by atomic mass is 16.5. The van der Waals surface area contributed by atoms with Crippen LogP contribution in [0.2, 0.25) is 0 Å². The Bertz CT molecular complexity index is 920. The summed E-state index contributed by atoms with van der Waals surface area (Å²) < 4.78 is 16.7. The summed E-state index contributed by atoms with van der Waals surface area (Å²) >= 11 is 0. The van der Waals surface area contributed by atoms with Crippen molar-refractivity contribution in [1.82, 2.24) is 0 Å². The summed E-state index contributed by atoms with van der Waals surface area (Å²) in [5.41, 5.74) is 1.08. The number of phenols is 1. The lowest BCUT2D eigenvalue weighted by Gasteiger charge is -2.31. The fourth-order valence-corrected chi connectivity index (χ4v) is 5.71. The molecule has 1 aromatic carbocycles. The van der Waals surface area contributed by atoms with E-state index >= 15 is 0 Å². The number of methoxy groups -OCH3 is 1. The average Bonchev–Trinajstić information content (AvgIpc) is 2.95. The highest BCUT2D eigenvalue weighted by molar-refractivity contribution is 5.69. The van der Waals surface area contributed by atoms with Crippen molar-refractivity contribution >= 4 is 11.9 Å². The van der Waals surface area contributed by atoms with Crippen LogP contribution in [-0.4, -0.2) is 37.4 Å². The molecule has 0 aliphatic carbocycles. The van der Waals surface area contributed by atoms with Crippen molar-refractivity contribution in [3.63, 3.8) is 0 Å². The molecule has 0 aliphatic heterocycles. The van der Waals surface area contributed by atoms with Gasteiger partial charge in [0.05, 0.1) is 20.3 Å². The average molecular weight is 605 g/mol. The summed E-state index contributed by atoms with van der Waals surface area (Å²) in [6.45, 7) is 13.8. The monoisotopic (exact) mass is 604 g/mol. The minimum absolute atomic E-state index is 0.137. The normalized spacial score (nSPS) is 11.9. The molecule has 0 amide bonds. The maximum Gasteiger partial charge on any atom is 0.305 e. The molecule has 0 aliphatic rings. The Balaban J connectivity index is 2.58. The molecule has 0 heterocycles. The first-order chi connectivity index (χ1) is 20.5. The molecule has 1 aromatic rings. The molecule has 0 bridgehead atoms. The van der Waals surface area contributed by atoms with Gasteiger partial charge in [0.2, 0.25) is 0 Å². The minimum atomic E-state index is -0.348. The lowest BCUT2D eigenvalue weighted by atomic mass is 9.75. The van der Waals surface area contributed by atoms with E-state index in [-0.39, 0.29) is 28.5 Å². The molecule has 248 valence electrons. The van der Waals surface area contributed by atoms with E-state index in [1.807, 2.05) is 12.1 Å². The van der Waals surface area contributed by atoms with Crippen LogP contribution >= 0.6 is 0 Å². The zero-order valence-corrected chi connectivity index (χ0v) is 28.8. The number of carbonyl (C=O) groups excluding carboxylic acids is 2. The number of esters is 2. The van der Waals surface area contributed by atoms with Crippen molar-refractivity contribution in [3.8, 4) is 11.5 Å². The standard InChI is InChI=1S/C37H64O6/c1-8-10-12-14-16-18-26-42-34(39)22-20-24-36(3,4)30-29-33(41-7)31(28-32(30)38)37(5,6)25-21-23-35(40)43-27-19-17-15-13-11-9-2/h28-29,38H,8-27H2,1-7H3. The van der Waals surface area contributed by atoms with Crippen LogP contribution in [0.15, 0.2) is 12.1 Å². The fourth-order valence-electron chi connectivity index (χ4n) is 5.71. The van der Waals surface area contributed by atoms with Gasteiger partial charge in [-0.05, 0) is 61.5 Å². The molecule has 0 radical (unpaired) electrons. The van der Waals surface area contributed by atoms with E-state index in [0.717, 1.165) is 55.4 Å². The van der Waals surface area contributed by atoms with Crippen molar-refractivity contribution in [3.05, 3.63) is 23.3 Å². The summed E-state index contributed by atoms with van der Waals surface area (Å²) in [7, 11) is 1.65. The molecule has 0 atom stereocenters. The third-order valence-corrected chi connectivity index (χ3v) is 8.66. The van der Waals surface area contributed by atoms with Gasteiger partial charge in [0.25, 0.3) is 0 Å². The Morgan fingerprint density at radius 3 is 1.49 bits per heavy atom. The molecule has 0 unspecified atom stereocenters. The van der Waals surface area contributed by atoms with Crippen LogP contribution in [0.5, 0.6) is 11.5 Å². The molecule has 6 heteroatoms. The number of benzene rings is 1. The Hall–Kier alpha value is -2.24. The number of hydrogen-bond donors (Lipinski definition) is 1. The number of unbranched alkanes of at least 4 members (excludes halogenated alkanes) is 10. The molecule has 6 nitrogen and oxygen atoms in total. The lowest BCUT2D eigenvalue weighted by Crippen LogP contribution is -2.22. The van der Waals surface area contributed by atoms with Gasteiger partial charge in [0.1, 0.15) is 11.5 Å². The van der Waals surface area contributed by atoms with Crippen LogP contribution in [0.4, 0.5) is 0 Å². The first kappa shape index (κ1) is 38.8. The number of phenolic OH excluding ortho intramolecular Hbond substituents is 1. The van der Waals surface area contributed by atoms with Crippen LogP contribution in [0, 0.1) is 0 Å². The van der Waals surface area contributed by atoms with Gasteiger partial charge >= 0.3 is 11.9 Å². The SMILES string of the molecule is CCCCCCCCOC(=O)CCCC(C)(C)c1cc(OC)c(C(C)(C)CCCC(=O)OCCCCCCCC)cc1O. The van der Waals surface area contributed by atoms with Crippen LogP contribution in [0.1, 0.15) is 168 Å². The van der Waals surface area contributed by atoms with Gasteiger partial charge in [-0.25, -0.2) is 0 Å². The quantitative estimate of drug-likeness (QED) is 0.0883. The number of rotatable bonds is 25. The summed E-state index contributed by atoms with van der Waals surface area (Å²) in [5.74, 6) is 0.685. The number of carbonyl (C=O) groups is 2. The number of ether oxygens (including phenoxy) is 3. The van der Waals surface area contributed by atoms with Crippen LogP contribution in [-0.2, 0) is 29.9 Å². The molecule has 0 saturated carbocycles. The van der Waals surface area contributed by atoms with E-state index in [0.29, 0.717) is 38.9 Å². The van der Waals surface area contributed by atoms with E-state index in [9.17, 15) is 14.7 Å². The third kappa shape index (κ3) is 15.9. The summed E-state index contributed by atoms with van der Waals surface area (Å²) in [4.78, 5) is 24.5. The maximum atomic E-state index is 12.3. The highest BCUT2D eigenvalue weighted by Crippen LogP contribution is 2.44. The van der Waals surface area contributed by atoms with Crippen molar-refractivity contribution < 1.29 is 28.9 Å². The van der Waals surface area contributed by atoms with Crippen LogP contribution in [0.25, 0.3) is 0 Å². The zero-order valence-electron chi connectivity index (χ0n) is 28.8. The second-order valence-electron chi connectivity index (χ2n) is 13.5. The number of hydrogen-bond acceptors (Lipinski definition) is 6. The molecule has 0 saturated heterocycles. The predicted molar refractivity (Wildman–Crippen MR) is 177 cm³/mol. The summed E-state index contributed by atoms with van der Waals surface area (Å²) in [5, 5.41) is 11.1. The van der Waals surface area contributed by atoms with E-state index in [4.69, 9.17) is 14.2 Å². The van der Waals surface area contributed by atoms with Crippen LogP contribution in [0.3, 0.4) is 0 Å². The van der Waals surface area contributed by atoms with Gasteiger partial charge < -0.3 is 19.3 Å². The Kier molecular flexibility index (Phi) is 19.4. The lowest BCUT2D eigenvalue weighted by molar-refractivity contribution is -0.144. The van der Waals surface area contributed by atoms with Crippen molar-refractivity contribution in [2.24, 2.45) is 0 Å². The number of aromatic hydroxyl groups is 1. The molecular weight excluding hydrogens is 540 g/mol. The van der Waals surface area contributed by atoms with Gasteiger partial charge in [0.15, 0.2) is 0 Å². The predicted octanol–water partition coefficient (Wildman–Crippen LogP) is 10.1. The van der Waals surface area contributed by atoms with Gasteiger partial charge in [-0.2, -0.15) is 0 Å². The molecule has 1 N–H and O–H groups in total. The van der Waals surface area contributed by atoms with E-state index in [2.05, 4.69) is 41.5 Å². The van der Waals surface area contributed by atoms with Crippen molar-refractivity contribution in [2.75, 3.05) is 20.3 Å². The van der Waals surface area contributed by atoms with Crippen molar-refractivity contribution in [2.45, 2.75) is 168 Å². The van der Waals surface area contributed by atoms with Crippen molar-refractivity contribution in [1.29, 1.82) is 0 Å². The fraction of sp³-hybridized carbons (Fsp3) is 0.784. The summed E-state index contributed by atoms with van der Waals surface area (Å²) in [6, 6.07) is 3.76. The topological polar surface area (TPSA) is 82.1 Å². The molecule has 0 fully saturated rings. The molecule has 0 spiro atoms. The van der Waals surface area contributed by atoms with Gasteiger partial charge in [-0.15, -0.1) is 0 Å². The first-order valence-corrected chi connectivity index (χ1v) is 17.2. The minimum Gasteiger partial charge on any atom is -0.508 e. The largest absolute Gasteiger partial charge is 0.508 e. The van der Waals surface area contributed by atoms with E-state index < -0.39 is 0 Å². The second kappa shape index (κ2) is 21.5. The van der Waals surface area contributed by atoms with Gasteiger partial charge in [-0.1, -0.05) is 106 Å². The first-order valence-electron chi connectivity index (χ1n) is 17.2. The summed E-state index contributed by atoms with van der Waals surface area (Å²) in [6.07, 6.45) is 17.7. The third-order valence-electron chi connectivity index (χ3n) is 8.66. The molecule has 1 rings (SSSR count). The maximum absolute atomic E-state index is 12.3. The molecule has 43 heavy (non-hydrogen) atoms. The van der Waals surface area contributed by atoms with E-state index in [1.165, 1.54) is 51.4 Å². The zero-order chi connectivity index (χ0) is 32.1. The van der Waals surface area contributed by atoms with Crippen LogP contribution < -0.4 is 4.74 Å². The highest BCUT2D eigenvalue weighted by Gasteiger charge is 2.30. The molecule has 0 aromatic heterocycles. The van der Waals surface area contributed by atoms with Gasteiger partial charge in [0, 0.05) is 24.0 Å². The van der Waals surface area contributed by atoms with Gasteiger partial charge in [-0.3, -0.25) is 9.59 Å². The second-order valence-corrected chi connectivity index (χ2v) is 13.5. The Morgan fingerprint density at radius 1 is 0.628 bits per heavy atom. The Morgan fingerprint density at radius 2 is 1.05 bits per heavy atom. The van der Waals surface area contributed by atoms with E-state index in [1.54, 1.807) is 7.11 Å². The molecular formula is C37H64O6. The Labute approximate surface area is 263 Å². The smallest absolute Gasteiger partial charge is 0.305 e.